The first-order chi connectivity index (χ1) is 10.6. The molecule has 0 aliphatic heterocycles. The van der Waals surface area contributed by atoms with Crippen LogP contribution in [-0.4, -0.2) is 10.7 Å². The Morgan fingerprint density at radius 2 is 1.45 bits per heavy atom. The van der Waals surface area contributed by atoms with Gasteiger partial charge in [-0.05, 0) is 19.0 Å². The predicted octanol–water partition coefficient (Wildman–Crippen LogP) is 1.90. The standard InChI is InChI=1S/C16H31N2.CH2O3/c1-3-4-5-6-7-8-9-10-11-12-13-18-15-14-17(2)16-18;2-1(3)4/h14-16H,3-13H2,1-2H3;(H2,2,3,4)/q+1;/p-1. The molecule has 0 saturated heterocycles. The van der Waals surface area contributed by atoms with Crippen LogP contribution in [0, 0.1) is 0 Å². The molecule has 1 rings (SSSR count). The molecule has 0 radical (unpaired) electrons. The number of aryl methyl sites for hydroxylation is 2. The summed E-state index contributed by atoms with van der Waals surface area (Å²) >= 11 is 0. The van der Waals surface area contributed by atoms with Crippen molar-refractivity contribution in [2.75, 3.05) is 0 Å². The number of imidazole rings is 1. The average Bonchev–Trinajstić information content (AvgIpc) is 2.86. The van der Waals surface area contributed by atoms with E-state index in [2.05, 4.69) is 41.8 Å². The van der Waals surface area contributed by atoms with E-state index in [-0.39, 0.29) is 1.43 Å². The van der Waals surface area contributed by atoms with Crippen molar-refractivity contribution in [3.8, 4) is 0 Å². The highest BCUT2D eigenvalue weighted by Crippen LogP contribution is 2.10. The van der Waals surface area contributed by atoms with Crippen molar-refractivity contribution in [2.24, 2.45) is 7.05 Å². The van der Waals surface area contributed by atoms with Crippen molar-refractivity contribution in [3.63, 3.8) is 0 Å². The van der Waals surface area contributed by atoms with Crippen molar-refractivity contribution in [1.29, 1.82) is 0 Å². The lowest BCUT2D eigenvalue weighted by atomic mass is 10.1. The van der Waals surface area contributed by atoms with Crippen molar-refractivity contribution >= 4 is 6.16 Å². The van der Waals surface area contributed by atoms with E-state index in [0.29, 0.717) is 0 Å². The molecule has 1 aromatic heterocycles. The summed E-state index contributed by atoms with van der Waals surface area (Å²) in [6.45, 7) is 3.46. The second kappa shape index (κ2) is 14.4. The molecule has 1 heterocycles. The van der Waals surface area contributed by atoms with Gasteiger partial charge in [-0.15, -0.1) is 0 Å². The van der Waals surface area contributed by atoms with Gasteiger partial charge < -0.3 is 15.0 Å². The van der Waals surface area contributed by atoms with Crippen LogP contribution in [-0.2, 0) is 13.6 Å². The molecule has 1 aromatic rings. The maximum atomic E-state index is 8.33. The lowest BCUT2D eigenvalue weighted by Crippen LogP contribution is -2.37. The Kier molecular flexibility index (Phi) is 13.4. The molecule has 0 amide bonds. The van der Waals surface area contributed by atoms with E-state index < -0.39 is 6.16 Å². The molecule has 0 aliphatic rings. The molecule has 0 bridgehead atoms. The van der Waals surface area contributed by atoms with E-state index in [1.807, 2.05) is 0 Å². The van der Waals surface area contributed by atoms with Crippen molar-refractivity contribution < 1.29 is 21.0 Å². The third-order valence-corrected chi connectivity index (χ3v) is 3.59. The number of carbonyl (C=O) groups excluding carboxylic acids is 1. The van der Waals surface area contributed by atoms with Crippen molar-refractivity contribution in [1.82, 2.24) is 4.57 Å². The summed E-state index contributed by atoms with van der Waals surface area (Å²) in [4.78, 5) is 8.33. The normalized spacial score (nSPS) is 10.1. The molecular formula is C17H32N2O3. The van der Waals surface area contributed by atoms with Crippen LogP contribution in [0.3, 0.4) is 0 Å². The smallest absolute Gasteiger partial charge is 0.652 e. The van der Waals surface area contributed by atoms with Crippen LogP contribution in [0.15, 0.2) is 18.7 Å². The zero-order valence-corrected chi connectivity index (χ0v) is 14.1. The second-order valence-corrected chi connectivity index (χ2v) is 5.75. The first-order valence-corrected chi connectivity index (χ1v) is 8.45. The highest BCUT2D eigenvalue weighted by atomic mass is 16.6. The third-order valence-electron chi connectivity index (χ3n) is 3.59. The number of hydrogen-bond acceptors (Lipinski definition) is 3. The summed E-state index contributed by atoms with van der Waals surface area (Å²) < 4.78 is 4.39. The molecule has 0 aliphatic carbocycles. The lowest BCUT2D eigenvalue weighted by molar-refractivity contribution is -0.671. The molecule has 0 saturated carbocycles. The Morgan fingerprint density at radius 3 is 1.86 bits per heavy atom. The fraction of sp³-hybridized carbons (Fsp3) is 0.765. The van der Waals surface area contributed by atoms with Gasteiger partial charge in [0.05, 0.1) is 13.6 Å². The Morgan fingerprint density at radius 1 is 1.00 bits per heavy atom. The molecular weight excluding hydrogens is 280 g/mol. The fourth-order valence-corrected chi connectivity index (χ4v) is 2.42. The molecule has 0 aromatic carbocycles. The molecule has 0 N–H and O–H groups in total. The van der Waals surface area contributed by atoms with Crippen molar-refractivity contribution in [3.05, 3.63) is 18.7 Å². The van der Waals surface area contributed by atoms with Crippen LogP contribution in [0.2, 0.25) is 0 Å². The van der Waals surface area contributed by atoms with E-state index in [4.69, 9.17) is 15.0 Å². The molecule has 5 heteroatoms. The number of carboxylic acid groups (broad SMARTS) is 2. The van der Waals surface area contributed by atoms with Crippen LogP contribution in [0.5, 0.6) is 0 Å². The molecule has 22 heavy (non-hydrogen) atoms. The Hall–Kier alpha value is -1.52. The third kappa shape index (κ3) is 14.9. The average molecular weight is 312 g/mol. The maximum Gasteiger partial charge on any atom is 1.00 e. The molecule has 0 unspecified atom stereocenters. The van der Waals surface area contributed by atoms with Crippen LogP contribution >= 0.6 is 0 Å². The predicted molar refractivity (Wildman–Crippen MR) is 84.0 cm³/mol. The van der Waals surface area contributed by atoms with Gasteiger partial charge in [0.2, 0.25) is 6.33 Å². The molecule has 5 nitrogen and oxygen atoms in total. The highest BCUT2D eigenvalue weighted by Gasteiger charge is 1.99. The van der Waals surface area contributed by atoms with Gasteiger partial charge in [-0.1, -0.05) is 58.3 Å². The van der Waals surface area contributed by atoms with Gasteiger partial charge in [0.25, 0.3) is 0 Å². The molecule has 0 atom stereocenters. The van der Waals surface area contributed by atoms with E-state index >= 15 is 0 Å². The SMILES string of the molecule is CCCCCCCCCCCCn1cc[n+](C)c1.O=C([O-])[O-].[H+]. The quantitative estimate of drug-likeness (QED) is 0.463. The number of unbranched alkanes of at least 4 members (excludes halogenated alkanes) is 9. The minimum absolute atomic E-state index is 0. The molecule has 0 fully saturated rings. The molecule has 0 spiro atoms. The van der Waals surface area contributed by atoms with E-state index in [0.717, 1.165) is 0 Å². The van der Waals surface area contributed by atoms with E-state index in [9.17, 15) is 0 Å². The number of aromatic nitrogens is 2. The van der Waals surface area contributed by atoms with Gasteiger partial charge in [-0.2, -0.15) is 0 Å². The topological polar surface area (TPSA) is 72.0 Å². The van der Waals surface area contributed by atoms with Gasteiger partial charge in [0.15, 0.2) is 0 Å². The Bertz CT molecular complexity index is 380. The van der Waals surface area contributed by atoms with Gasteiger partial charge in [0.1, 0.15) is 12.4 Å². The number of nitrogens with zero attached hydrogens (tertiary/aromatic N) is 2. The van der Waals surface area contributed by atoms with E-state index in [1.54, 1.807) is 0 Å². The number of hydrogen-bond donors (Lipinski definition) is 0. The van der Waals surface area contributed by atoms with Gasteiger partial charge in [-0.3, -0.25) is 0 Å². The first kappa shape index (κ1) is 20.5. The van der Waals surface area contributed by atoms with Crippen LogP contribution in [0.1, 0.15) is 72.6 Å². The fourth-order valence-electron chi connectivity index (χ4n) is 2.42. The largest absolute Gasteiger partial charge is 1.00 e. The van der Waals surface area contributed by atoms with Gasteiger partial charge in [0, 0.05) is 0 Å². The van der Waals surface area contributed by atoms with Gasteiger partial charge in [-0.25, -0.2) is 9.13 Å². The van der Waals surface area contributed by atoms with Crippen molar-refractivity contribution in [2.45, 2.75) is 77.7 Å². The summed E-state index contributed by atoms with van der Waals surface area (Å²) in [5, 5.41) is 16.7. The summed E-state index contributed by atoms with van der Waals surface area (Å²) in [6.07, 6.45) is 18.2. The Labute approximate surface area is 136 Å². The summed E-state index contributed by atoms with van der Waals surface area (Å²) in [5.74, 6) is 0. The minimum Gasteiger partial charge on any atom is -0.652 e. The first-order valence-electron chi connectivity index (χ1n) is 8.45. The van der Waals surface area contributed by atoms with Gasteiger partial charge >= 0.3 is 1.43 Å². The molecule has 128 valence electrons. The van der Waals surface area contributed by atoms with Crippen LogP contribution in [0.4, 0.5) is 4.79 Å². The zero-order chi connectivity index (χ0) is 16.6. The Balaban J connectivity index is 0. The lowest BCUT2D eigenvalue weighted by Gasteiger charge is -2.01. The number of rotatable bonds is 11. The summed E-state index contributed by atoms with van der Waals surface area (Å²) in [6, 6.07) is 0. The van der Waals surface area contributed by atoms with E-state index in [1.165, 1.54) is 70.8 Å². The van der Waals surface area contributed by atoms with Crippen LogP contribution in [0.25, 0.3) is 0 Å². The monoisotopic (exact) mass is 312 g/mol. The van der Waals surface area contributed by atoms with Crippen LogP contribution < -0.4 is 14.8 Å². The number of carbonyl (C=O) groups is 1. The zero-order valence-electron chi connectivity index (χ0n) is 15.1. The summed E-state index contributed by atoms with van der Waals surface area (Å²) in [7, 11) is 2.08. The maximum absolute atomic E-state index is 8.33. The second-order valence-electron chi connectivity index (χ2n) is 5.75. The minimum atomic E-state index is -2.33. The highest BCUT2D eigenvalue weighted by molar-refractivity contribution is 5.47. The summed E-state index contributed by atoms with van der Waals surface area (Å²) in [5.41, 5.74) is 0.